The zero-order valence-electron chi connectivity index (χ0n) is 14.1. The van der Waals surface area contributed by atoms with Gasteiger partial charge in [-0.1, -0.05) is 20.8 Å². The Balaban J connectivity index is 0.00000441. The molecule has 0 atom stereocenters. The molecule has 22 heavy (non-hydrogen) atoms. The summed E-state index contributed by atoms with van der Waals surface area (Å²) in [6.07, 6.45) is 0. The zero-order chi connectivity index (χ0) is 16.2. The maximum atomic E-state index is 12.4. The van der Waals surface area contributed by atoms with Gasteiger partial charge in [-0.2, -0.15) is 0 Å². The maximum Gasteiger partial charge on any atom is 0.264 e. The monoisotopic (exact) mass is 347 g/mol. The molecule has 1 aromatic rings. The van der Waals surface area contributed by atoms with Crippen LogP contribution in [0.2, 0.25) is 0 Å². The molecule has 0 saturated heterocycles. The number of nitrogens with one attached hydrogen (secondary N) is 2. The Hall–Kier alpha value is -1.11. The molecule has 2 amide bonds. The van der Waals surface area contributed by atoms with Crippen molar-refractivity contribution in [1.82, 2.24) is 10.2 Å². The number of nitrogens with zero attached hydrogens (tertiary/aromatic N) is 1. The molecule has 0 bridgehead atoms. The molecule has 5 nitrogen and oxygen atoms in total. The Bertz CT molecular complexity index is 523. The van der Waals surface area contributed by atoms with Gasteiger partial charge in [-0.05, 0) is 25.6 Å². The van der Waals surface area contributed by atoms with Gasteiger partial charge in [-0.3, -0.25) is 9.59 Å². The van der Waals surface area contributed by atoms with Crippen LogP contribution in [0.3, 0.4) is 0 Å². The molecule has 0 fully saturated rings. The van der Waals surface area contributed by atoms with E-state index in [1.54, 1.807) is 11.9 Å². The fourth-order valence-corrected chi connectivity index (χ4v) is 2.67. The van der Waals surface area contributed by atoms with Gasteiger partial charge in [0, 0.05) is 25.6 Å². The smallest absolute Gasteiger partial charge is 0.264 e. The molecule has 126 valence electrons. The summed E-state index contributed by atoms with van der Waals surface area (Å²) in [5.41, 5.74) is 0.441. The van der Waals surface area contributed by atoms with Crippen molar-refractivity contribution in [3.63, 3.8) is 0 Å². The number of carbonyl (C=O) groups excluding carboxylic acids is 2. The number of likely N-dealkylation sites (N-methyl/N-ethyl adjacent to an activating group) is 2. The topological polar surface area (TPSA) is 61.4 Å². The van der Waals surface area contributed by atoms with Gasteiger partial charge in [-0.25, -0.2) is 0 Å². The lowest BCUT2D eigenvalue weighted by atomic mass is 9.96. The third kappa shape index (κ3) is 5.59. The second-order valence-electron chi connectivity index (χ2n) is 6.16. The number of amides is 2. The summed E-state index contributed by atoms with van der Waals surface area (Å²) in [5, 5.41) is 6.62. The lowest BCUT2D eigenvalue weighted by molar-refractivity contribution is -0.123. The summed E-state index contributed by atoms with van der Waals surface area (Å²) in [5.74, 6) is -0.0599. The van der Waals surface area contributed by atoms with Crippen molar-refractivity contribution >= 4 is 40.6 Å². The first kappa shape index (κ1) is 20.9. The van der Waals surface area contributed by atoms with Crippen LogP contribution in [0, 0.1) is 12.3 Å². The van der Waals surface area contributed by atoms with Gasteiger partial charge in [0.05, 0.1) is 9.88 Å². The van der Waals surface area contributed by atoms with Crippen LogP contribution in [-0.2, 0) is 4.79 Å². The minimum atomic E-state index is -0.453. The number of thiophene rings is 1. The molecule has 2 N–H and O–H groups in total. The first-order chi connectivity index (χ1) is 9.66. The summed E-state index contributed by atoms with van der Waals surface area (Å²) in [7, 11) is 3.64. The highest BCUT2D eigenvalue weighted by Crippen LogP contribution is 2.29. The van der Waals surface area contributed by atoms with Gasteiger partial charge in [0.2, 0.25) is 5.91 Å². The molecule has 0 radical (unpaired) electrons. The van der Waals surface area contributed by atoms with Crippen LogP contribution in [0.25, 0.3) is 0 Å². The molecule has 0 aliphatic heterocycles. The summed E-state index contributed by atoms with van der Waals surface area (Å²) < 4.78 is 0. The quantitative estimate of drug-likeness (QED) is 0.861. The maximum absolute atomic E-state index is 12.4. The van der Waals surface area contributed by atoms with Gasteiger partial charge >= 0.3 is 0 Å². The number of rotatable bonds is 5. The number of halogens is 1. The van der Waals surface area contributed by atoms with E-state index in [0.717, 1.165) is 17.1 Å². The van der Waals surface area contributed by atoms with E-state index in [1.807, 2.05) is 40.8 Å². The molecule has 1 aromatic heterocycles. The Labute approximate surface area is 142 Å². The third-order valence-corrected chi connectivity index (χ3v) is 4.21. The van der Waals surface area contributed by atoms with Crippen LogP contribution in [0.1, 0.15) is 36.0 Å². The van der Waals surface area contributed by atoms with E-state index in [0.29, 0.717) is 11.4 Å². The Kier molecular flexibility index (Phi) is 8.07. The molecule has 7 heteroatoms. The molecule has 1 rings (SSSR count). The number of aryl methyl sites for hydroxylation is 1. The fourth-order valence-electron chi connectivity index (χ4n) is 1.61. The van der Waals surface area contributed by atoms with E-state index >= 15 is 0 Å². The standard InChI is InChI=1S/C15H25N3O2S.ClH/c1-10-9-11(17-14(20)15(2,3)4)21-12(10)13(19)18(6)8-7-16-5;/h9,16H,7-8H2,1-6H3,(H,17,20);1H. The van der Waals surface area contributed by atoms with Gasteiger partial charge in [-0.15, -0.1) is 23.7 Å². The van der Waals surface area contributed by atoms with Gasteiger partial charge in [0.15, 0.2) is 0 Å². The van der Waals surface area contributed by atoms with Crippen molar-refractivity contribution < 1.29 is 9.59 Å². The van der Waals surface area contributed by atoms with E-state index in [4.69, 9.17) is 0 Å². The Morgan fingerprint density at radius 2 is 1.91 bits per heavy atom. The molecule has 1 heterocycles. The van der Waals surface area contributed by atoms with Crippen LogP contribution < -0.4 is 10.6 Å². The first-order valence-electron chi connectivity index (χ1n) is 6.98. The minimum Gasteiger partial charge on any atom is -0.340 e. The van der Waals surface area contributed by atoms with Crippen LogP contribution in [0.5, 0.6) is 0 Å². The van der Waals surface area contributed by atoms with Crippen molar-refractivity contribution in [2.45, 2.75) is 27.7 Å². The number of carbonyl (C=O) groups is 2. The van der Waals surface area contributed by atoms with E-state index in [2.05, 4.69) is 10.6 Å². The van der Waals surface area contributed by atoms with E-state index in [-0.39, 0.29) is 24.2 Å². The van der Waals surface area contributed by atoms with Crippen molar-refractivity contribution in [1.29, 1.82) is 0 Å². The van der Waals surface area contributed by atoms with Gasteiger partial charge < -0.3 is 15.5 Å². The molecule has 0 spiro atoms. The number of hydrogen-bond donors (Lipinski definition) is 2. The average molecular weight is 348 g/mol. The van der Waals surface area contributed by atoms with Gasteiger partial charge in [0.25, 0.3) is 5.91 Å². The Morgan fingerprint density at radius 3 is 2.41 bits per heavy atom. The predicted octanol–water partition coefficient (Wildman–Crippen LogP) is 2.75. The van der Waals surface area contributed by atoms with E-state index in [1.165, 1.54) is 11.3 Å². The fraction of sp³-hybridized carbons (Fsp3) is 0.600. The normalized spacial score (nSPS) is 10.8. The zero-order valence-corrected chi connectivity index (χ0v) is 15.7. The second-order valence-corrected chi connectivity index (χ2v) is 7.21. The Morgan fingerprint density at radius 1 is 1.32 bits per heavy atom. The highest BCUT2D eigenvalue weighted by molar-refractivity contribution is 7.18. The van der Waals surface area contributed by atoms with Crippen molar-refractivity contribution in [2.75, 3.05) is 32.5 Å². The van der Waals surface area contributed by atoms with Crippen LogP contribution in [0.4, 0.5) is 5.00 Å². The largest absolute Gasteiger partial charge is 0.340 e. The number of anilines is 1. The summed E-state index contributed by atoms with van der Waals surface area (Å²) >= 11 is 1.33. The van der Waals surface area contributed by atoms with E-state index < -0.39 is 5.41 Å². The lowest BCUT2D eigenvalue weighted by Gasteiger charge is -2.17. The van der Waals surface area contributed by atoms with Crippen molar-refractivity contribution in [2.24, 2.45) is 5.41 Å². The third-order valence-electron chi connectivity index (χ3n) is 3.07. The summed E-state index contributed by atoms with van der Waals surface area (Å²) in [6.45, 7) is 8.88. The molecular formula is C15H26ClN3O2S. The highest BCUT2D eigenvalue weighted by atomic mass is 35.5. The second kappa shape index (κ2) is 8.50. The SMILES string of the molecule is CNCCN(C)C(=O)c1sc(NC(=O)C(C)(C)C)cc1C.Cl. The van der Waals surface area contributed by atoms with Crippen molar-refractivity contribution in [3.05, 3.63) is 16.5 Å². The minimum absolute atomic E-state index is 0. The predicted molar refractivity (Wildman–Crippen MR) is 95.3 cm³/mol. The van der Waals surface area contributed by atoms with Crippen LogP contribution in [0.15, 0.2) is 6.07 Å². The van der Waals surface area contributed by atoms with Gasteiger partial charge in [0.1, 0.15) is 0 Å². The number of hydrogen-bond acceptors (Lipinski definition) is 4. The molecule has 0 aromatic carbocycles. The lowest BCUT2D eigenvalue weighted by Crippen LogP contribution is -2.32. The van der Waals surface area contributed by atoms with E-state index in [9.17, 15) is 9.59 Å². The molecule has 0 saturated carbocycles. The van der Waals surface area contributed by atoms with Crippen LogP contribution >= 0.6 is 23.7 Å². The molecule has 0 aliphatic carbocycles. The van der Waals surface area contributed by atoms with Crippen molar-refractivity contribution in [3.8, 4) is 0 Å². The first-order valence-corrected chi connectivity index (χ1v) is 7.80. The summed E-state index contributed by atoms with van der Waals surface area (Å²) in [4.78, 5) is 26.7. The average Bonchev–Trinajstić information content (AvgIpc) is 2.74. The molecule has 0 unspecified atom stereocenters. The highest BCUT2D eigenvalue weighted by Gasteiger charge is 2.23. The molecule has 0 aliphatic rings. The van der Waals surface area contributed by atoms with Crippen LogP contribution in [-0.4, -0.2) is 43.9 Å². The summed E-state index contributed by atoms with van der Waals surface area (Å²) in [6, 6.07) is 1.85. The molecular weight excluding hydrogens is 322 g/mol.